The zero-order valence-electron chi connectivity index (χ0n) is 16.6. The molecular weight excluding hydrogens is 364 g/mol. The molecule has 0 bridgehead atoms. The van der Waals surface area contributed by atoms with Gasteiger partial charge in [-0.2, -0.15) is 0 Å². The van der Waals surface area contributed by atoms with Gasteiger partial charge in [0, 0.05) is 28.5 Å². The van der Waals surface area contributed by atoms with Crippen molar-refractivity contribution < 1.29 is 4.79 Å². The van der Waals surface area contributed by atoms with Crippen LogP contribution in [0.25, 0.3) is 22.3 Å². The van der Waals surface area contributed by atoms with Crippen LogP contribution in [0.3, 0.4) is 0 Å². The third-order valence-electron chi connectivity index (χ3n) is 4.85. The summed E-state index contributed by atoms with van der Waals surface area (Å²) in [5.41, 5.74) is 2.61. The Morgan fingerprint density at radius 1 is 0.893 bits per heavy atom. The van der Waals surface area contributed by atoms with E-state index in [1.54, 1.807) is 0 Å². The fourth-order valence-electron chi connectivity index (χ4n) is 3.17. The molecule has 3 nitrogen and oxygen atoms in total. The van der Waals surface area contributed by atoms with Crippen LogP contribution in [-0.4, -0.2) is 20.8 Å². The fourth-order valence-corrected chi connectivity index (χ4v) is 4.01. The van der Waals surface area contributed by atoms with Crippen LogP contribution < -0.4 is 0 Å². The average molecular weight is 393 g/mol. The molecule has 0 unspecified atom stereocenters. The maximum absolute atomic E-state index is 12.4. The summed E-state index contributed by atoms with van der Waals surface area (Å²) >= 11 is 1.43. The van der Waals surface area contributed by atoms with Gasteiger partial charge in [0.2, 0.25) is 5.12 Å². The first-order valence-corrected chi connectivity index (χ1v) is 11.3. The molecule has 0 saturated heterocycles. The summed E-state index contributed by atoms with van der Waals surface area (Å²) in [6.07, 6.45) is 10.8. The van der Waals surface area contributed by atoms with Crippen molar-refractivity contribution in [1.29, 1.82) is 0 Å². The van der Waals surface area contributed by atoms with Gasteiger partial charge in [-0.15, -0.1) is 0 Å². The molecule has 28 heavy (non-hydrogen) atoms. The standard InChI is InChI=1S/C24H28N2OS/c1-2-3-4-5-6-7-10-17-28-24(27)20-15-13-19(14-16-20)23-25-18-21-11-8-9-12-22(21)26-23/h8-9,11-16,18H,2-7,10,17H2,1H3. The predicted molar refractivity (Wildman–Crippen MR) is 120 cm³/mol. The molecule has 0 atom stereocenters. The normalized spacial score (nSPS) is 11.0. The SMILES string of the molecule is CCCCCCCCCSC(=O)c1ccc(-c2ncc3ccccc3n2)cc1. The molecule has 0 N–H and O–H groups in total. The lowest BCUT2D eigenvalue weighted by atomic mass is 10.1. The number of carbonyl (C=O) groups excluding carboxylic acids is 1. The number of benzene rings is 2. The molecule has 3 aromatic rings. The van der Waals surface area contributed by atoms with Crippen LogP contribution in [-0.2, 0) is 0 Å². The van der Waals surface area contributed by atoms with E-state index in [9.17, 15) is 4.79 Å². The van der Waals surface area contributed by atoms with Gasteiger partial charge in [-0.3, -0.25) is 4.79 Å². The molecule has 1 heterocycles. The van der Waals surface area contributed by atoms with Crippen molar-refractivity contribution in [2.75, 3.05) is 5.75 Å². The van der Waals surface area contributed by atoms with E-state index in [0.29, 0.717) is 5.82 Å². The summed E-state index contributed by atoms with van der Waals surface area (Å²) in [7, 11) is 0. The van der Waals surface area contributed by atoms with Crippen molar-refractivity contribution in [3.8, 4) is 11.4 Å². The lowest BCUT2D eigenvalue weighted by Crippen LogP contribution is -1.96. The quantitative estimate of drug-likeness (QED) is 0.351. The number of thioether (sulfide) groups is 1. The third kappa shape index (κ3) is 5.90. The van der Waals surface area contributed by atoms with Crippen molar-refractivity contribution in [3.63, 3.8) is 0 Å². The highest BCUT2D eigenvalue weighted by Crippen LogP contribution is 2.21. The second kappa shape index (κ2) is 11.0. The molecule has 0 fully saturated rings. The van der Waals surface area contributed by atoms with E-state index in [1.165, 1.54) is 50.3 Å². The average Bonchev–Trinajstić information content (AvgIpc) is 2.75. The Labute approximate surface area is 172 Å². The number of carbonyl (C=O) groups is 1. The number of hydrogen-bond donors (Lipinski definition) is 0. The maximum Gasteiger partial charge on any atom is 0.219 e. The zero-order valence-corrected chi connectivity index (χ0v) is 17.4. The zero-order chi connectivity index (χ0) is 19.6. The molecule has 2 aromatic carbocycles. The molecule has 0 aliphatic rings. The van der Waals surface area contributed by atoms with Crippen molar-refractivity contribution >= 4 is 27.8 Å². The van der Waals surface area contributed by atoms with E-state index in [-0.39, 0.29) is 5.12 Å². The van der Waals surface area contributed by atoms with E-state index >= 15 is 0 Å². The van der Waals surface area contributed by atoms with E-state index < -0.39 is 0 Å². The number of rotatable bonds is 10. The van der Waals surface area contributed by atoms with Crippen LogP contribution in [0.15, 0.2) is 54.7 Å². The fraction of sp³-hybridized carbons (Fsp3) is 0.375. The first-order chi connectivity index (χ1) is 13.8. The van der Waals surface area contributed by atoms with Gasteiger partial charge in [0.15, 0.2) is 5.82 Å². The summed E-state index contributed by atoms with van der Waals surface area (Å²) in [5, 5.41) is 1.18. The summed E-state index contributed by atoms with van der Waals surface area (Å²) in [5.74, 6) is 1.59. The largest absolute Gasteiger partial charge is 0.282 e. The number of para-hydroxylation sites is 1. The summed E-state index contributed by atoms with van der Waals surface area (Å²) in [6, 6.07) is 15.6. The van der Waals surface area contributed by atoms with Crippen LogP contribution in [0.5, 0.6) is 0 Å². The van der Waals surface area contributed by atoms with Crippen molar-refractivity contribution in [2.24, 2.45) is 0 Å². The molecule has 4 heteroatoms. The molecule has 0 aliphatic heterocycles. The number of aromatic nitrogens is 2. The Bertz CT molecular complexity index is 893. The third-order valence-corrected chi connectivity index (χ3v) is 5.84. The minimum atomic E-state index is 0.150. The first-order valence-electron chi connectivity index (χ1n) is 10.3. The summed E-state index contributed by atoms with van der Waals surface area (Å²) in [4.78, 5) is 21.4. The Kier molecular flexibility index (Phi) is 8.04. The predicted octanol–water partition coefficient (Wildman–Crippen LogP) is 6.92. The van der Waals surface area contributed by atoms with Crippen LogP contribution in [0.2, 0.25) is 0 Å². The van der Waals surface area contributed by atoms with Crippen molar-refractivity contribution in [1.82, 2.24) is 9.97 Å². The van der Waals surface area contributed by atoms with Crippen LogP contribution in [0, 0.1) is 0 Å². The minimum Gasteiger partial charge on any atom is -0.282 e. The van der Waals surface area contributed by atoms with Gasteiger partial charge < -0.3 is 0 Å². The first kappa shape index (κ1) is 20.5. The van der Waals surface area contributed by atoms with E-state index in [0.717, 1.165) is 34.2 Å². The van der Waals surface area contributed by atoms with Crippen molar-refractivity contribution in [3.05, 3.63) is 60.3 Å². The summed E-state index contributed by atoms with van der Waals surface area (Å²) in [6.45, 7) is 2.24. The molecule has 0 spiro atoms. The highest BCUT2D eigenvalue weighted by molar-refractivity contribution is 8.14. The number of hydrogen-bond acceptors (Lipinski definition) is 4. The molecule has 146 valence electrons. The van der Waals surface area contributed by atoms with Gasteiger partial charge in [-0.1, -0.05) is 87.5 Å². The number of fused-ring (bicyclic) bond motifs is 1. The molecule has 0 amide bonds. The smallest absolute Gasteiger partial charge is 0.219 e. The van der Waals surface area contributed by atoms with E-state index in [2.05, 4.69) is 16.9 Å². The Morgan fingerprint density at radius 3 is 2.39 bits per heavy atom. The second-order valence-corrected chi connectivity index (χ2v) is 8.15. The molecule has 0 radical (unpaired) electrons. The topological polar surface area (TPSA) is 42.9 Å². The van der Waals surface area contributed by atoms with Crippen LogP contribution in [0.1, 0.15) is 62.2 Å². The lowest BCUT2D eigenvalue weighted by Gasteiger charge is -2.05. The van der Waals surface area contributed by atoms with Crippen molar-refractivity contribution in [2.45, 2.75) is 51.9 Å². The van der Waals surface area contributed by atoms with Gasteiger partial charge in [0.05, 0.1) is 5.52 Å². The Morgan fingerprint density at radius 2 is 1.61 bits per heavy atom. The van der Waals surface area contributed by atoms with Gasteiger partial charge in [-0.25, -0.2) is 9.97 Å². The molecular formula is C24H28N2OS. The second-order valence-electron chi connectivity index (χ2n) is 7.09. The minimum absolute atomic E-state index is 0.150. The monoisotopic (exact) mass is 392 g/mol. The van der Waals surface area contributed by atoms with Gasteiger partial charge in [0.25, 0.3) is 0 Å². The van der Waals surface area contributed by atoms with E-state index in [1.807, 2.05) is 54.7 Å². The van der Waals surface area contributed by atoms with Gasteiger partial charge in [0.1, 0.15) is 0 Å². The van der Waals surface area contributed by atoms with E-state index in [4.69, 9.17) is 0 Å². The Balaban J connectivity index is 1.48. The molecule has 0 saturated carbocycles. The number of nitrogens with zero attached hydrogens (tertiary/aromatic N) is 2. The highest BCUT2D eigenvalue weighted by Gasteiger charge is 2.08. The molecule has 1 aromatic heterocycles. The maximum atomic E-state index is 12.4. The summed E-state index contributed by atoms with van der Waals surface area (Å²) < 4.78 is 0. The van der Waals surface area contributed by atoms with Crippen LogP contribution >= 0.6 is 11.8 Å². The molecule has 3 rings (SSSR count). The lowest BCUT2D eigenvalue weighted by molar-refractivity contribution is 0.108. The number of unbranched alkanes of at least 4 members (excludes halogenated alkanes) is 6. The highest BCUT2D eigenvalue weighted by atomic mass is 32.2. The van der Waals surface area contributed by atoms with Gasteiger partial charge >= 0.3 is 0 Å². The van der Waals surface area contributed by atoms with Crippen LogP contribution in [0.4, 0.5) is 0 Å². The Hall–Kier alpha value is -2.20. The van der Waals surface area contributed by atoms with Gasteiger partial charge in [-0.05, 0) is 24.6 Å². The molecule has 0 aliphatic carbocycles.